The van der Waals surface area contributed by atoms with Crippen LogP contribution in [0.2, 0.25) is 0 Å². The maximum Gasteiger partial charge on any atom is 0.410 e. The Bertz CT molecular complexity index is 3210. The molecule has 2 heterocycles. The van der Waals surface area contributed by atoms with Gasteiger partial charge in [0.25, 0.3) is 0 Å². The van der Waals surface area contributed by atoms with Crippen molar-refractivity contribution in [2.45, 2.75) is 366 Å². The SMILES string of the molecule is CC(C)/C=C/C(C)(C)N1CCOC1=O.CC(C)/C=C/C(C)(C)NC(=O)C(C)C.CC(C)/C=C/C(C)(C)NC(=O)C1CCCC1.CC(C)/C=C/C(C)(C)NC(=O)CC(C)C.CC(C)/C=C/C(C)(C)NS(C)(=O)=O.CCC(=O)NC(C)(C)/C=C/C(C)C.CCCC(=O)NC(C)(C)/C=C/C(C)C.Cc1nnc(C(C)(C)/C=C/C(C)C)o1. The molecule has 2 aliphatic rings. The molecule has 20 heteroatoms. The Morgan fingerprint density at radius 2 is 0.805 bits per heavy atom. The standard InChI is InChI=1S/C14H25NO.C13H25NO.2C12H23NO.C11H18N2O.C11H19NO2.C11H21NO.C9H19NO2S/c1-11(2)9-10-14(3,4)15-13(16)12-7-5-6-8-12;1-10(2)7-8-13(5,6)14-12(15)9-11(3)4;1-9(2)7-8-12(5,6)13-11(14)10(3)4;1-6-7-11(14)13-12(4,5)9-8-10(2)3;1-8(2)6-7-11(4,5)10-13-12-9(3)14-10;1-9(2)5-6-11(3,4)12-7-8-14-10(12)13;1-6-10(13)12-11(4,5)8-7-9(2)3;1-8(2)6-7-9(3,4)10-13(5,11)12/h9-12H,5-8H2,1-4H3,(H,15,16);7-8,10-11H,9H2,1-6H3,(H,14,15);7-10H,1-6H3,(H,13,14);8-10H,6-7H2,1-5H3,(H,13,14);6-8H,1-5H3;5-6,9H,7-8H2,1-4H3;7-9H,6H2,1-5H3,(H,12,13);6-8,10H,1-5H3/b10-9+;2*8-7+;9-8+;7-6+;6-5+;8-7+;7-6+. The van der Waals surface area contributed by atoms with Gasteiger partial charge in [0.1, 0.15) is 6.61 Å². The third kappa shape index (κ3) is 69.6. The number of ether oxygens (including phenoxy) is 1. The van der Waals surface area contributed by atoms with E-state index >= 15 is 0 Å². The van der Waals surface area contributed by atoms with Crippen molar-refractivity contribution in [2.75, 3.05) is 19.4 Å². The Labute approximate surface area is 693 Å². The van der Waals surface area contributed by atoms with Gasteiger partial charge in [-0.25, -0.2) is 17.9 Å². The lowest BCUT2D eigenvalue weighted by molar-refractivity contribution is -0.126. The van der Waals surface area contributed by atoms with Crippen LogP contribution in [0.15, 0.2) is 102 Å². The highest BCUT2D eigenvalue weighted by Gasteiger charge is 2.34. The summed E-state index contributed by atoms with van der Waals surface area (Å²) in [5.41, 5.74) is -2.07. The van der Waals surface area contributed by atoms with Gasteiger partial charge >= 0.3 is 6.09 Å². The molecule has 1 saturated carbocycles. The van der Waals surface area contributed by atoms with Gasteiger partial charge in [-0.15, -0.1) is 10.2 Å². The Morgan fingerprint density at radius 1 is 0.469 bits per heavy atom. The molecular weight excluding hydrogens is 1440 g/mol. The number of carbonyl (C=O) groups is 6. The molecule has 6 amide bonds. The lowest BCUT2D eigenvalue weighted by Crippen LogP contribution is -2.44. The van der Waals surface area contributed by atoms with Gasteiger partial charge in [-0.2, -0.15) is 0 Å². The number of sulfonamides is 1. The van der Waals surface area contributed by atoms with Gasteiger partial charge in [-0.3, -0.25) is 28.9 Å². The second kappa shape index (κ2) is 56.0. The molecule has 0 radical (unpaired) electrons. The summed E-state index contributed by atoms with van der Waals surface area (Å²) in [4.78, 5) is 70.6. The molecule has 113 heavy (non-hydrogen) atoms. The van der Waals surface area contributed by atoms with Crippen molar-refractivity contribution in [1.29, 1.82) is 0 Å². The van der Waals surface area contributed by atoms with Crippen LogP contribution in [0, 0.1) is 72.0 Å². The van der Waals surface area contributed by atoms with E-state index in [1.807, 2.05) is 143 Å². The van der Waals surface area contributed by atoms with Crippen molar-refractivity contribution < 1.29 is 46.3 Å². The minimum Gasteiger partial charge on any atom is -0.448 e. The first-order chi connectivity index (χ1) is 51.1. The first kappa shape index (κ1) is 115. The van der Waals surface area contributed by atoms with Gasteiger partial charge in [0.05, 0.1) is 51.4 Å². The second-order valence-electron chi connectivity index (χ2n) is 38.3. The van der Waals surface area contributed by atoms with E-state index in [4.69, 9.17) is 9.15 Å². The van der Waals surface area contributed by atoms with Crippen molar-refractivity contribution in [1.82, 2.24) is 46.4 Å². The van der Waals surface area contributed by atoms with Crippen LogP contribution in [0.25, 0.3) is 0 Å². The van der Waals surface area contributed by atoms with Crippen LogP contribution in [0.3, 0.4) is 0 Å². The van der Waals surface area contributed by atoms with E-state index in [1.54, 1.807) is 11.8 Å². The highest BCUT2D eigenvalue weighted by Crippen LogP contribution is 2.27. The maximum atomic E-state index is 12.0. The number of aromatic nitrogens is 2. The number of carbonyl (C=O) groups excluding carboxylic acids is 6. The van der Waals surface area contributed by atoms with Crippen LogP contribution in [0.5, 0.6) is 0 Å². The number of nitrogens with one attached hydrogen (secondary N) is 6. The zero-order valence-corrected chi connectivity index (χ0v) is 80.3. The number of hydrogen-bond acceptors (Lipinski definition) is 12. The van der Waals surface area contributed by atoms with Crippen LogP contribution < -0.4 is 31.3 Å². The Morgan fingerprint density at radius 3 is 1.12 bits per heavy atom. The van der Waals surface area contributed by atoms with Crippen molar-refractivity contribution in [3.63, 3.8) is 0 Å². The van der Waals surface area contributed by atoms with Crippen molar-refractivity contribution in [3.8, 4) is 0 Å². The van der Waals surface area contributed by atoms with Crippen molar-refractivity contribution >= 4 is 45.7 Å². The summed E-state index contributed by atoms with van der Waals surface area (Å²) in [7, 11) is -3.13. The quantitative estimate of drug-likeness (QED) is 0.0368. The molecule has 3 rings (SSSR count). The summed E-state index contributed by atoms with van der Waals surface area (Å²) < 4.78 is 34.7. The van der Waals surface area contributed by atoms with E-state index in [9.17, 15) is 37.2 Å². The summed E-state index contributed by atoms with van der Waals surface area (Å²) >= 11 is 0. The normalized spacial score (nSPS) is 14.4. The Kier molecular flexibility index (Phi) is 57.1. The fraction of sp³-hybridized carbons (Fsp3) is 0.742. The first-order valence-corrected chi connectivity index (χ1v) is 43.8. The van der Waals surface area contributed by atoms with Gasteiger partial charge in [-0.1, -0.05) is 262 Å². The number of allylic oxidation sites excluding steroid dienone is 9. The summed E-state index contributed by atoms with van der Waals surface area (Å²) in [6.45, 7) is 80.7. The molecule has 19 nitrogen and oxygen atoms in total. The fourth-order valence-corrected chi connectivity index (χ4v) is 10.8. The molecule has 1 aliphatic carbocycles. The lowest BCUT2D eigenvalue weighted by atomic mass is 9.92. The molecule has 656 valence electrons. The molecule has 1 aliphatic heterocycles. The molecule has 1 aromatic rings. The van der Waals surface area contributed by atoms with Crippen LogP contribution >= 0.6 is 0 Å². The highest BCUT2D eigenvalue weighted by molar-refractivity contribution is 7.88. The van der Waals surface area contributed by atoms with Gasteiger partial charge in [0.15, 0.2) is 0 Å². The minimum atomic E-state index is -3.13. The molecule has 0 unspecified atom stereocenters. The molecule has 0 atom stereocenters. The van der Waals surface area contributed by atoms with Crippen LogP contribution in [0.4, 0.5) is 4.79 Å². The number of rotatable bonds is 32. The molecule has 6 N–H and O–H groups in total. The third-order valence-electron chi connectivity index (χ3n) is 16.1. The summed E-state index contributed by atoms with van der Waals surface area (Å²) in [5.74, 6) is 6.79. The number of nitrogens with zero attached hydrogens (tertiary/aromatic N) is 3. The van der Waals surface area contributed by atoms with E-state index in [-0.39, 0.29) is 86.1 Å². The molecule has 2 fully saturated rings. The van der Waals surface area contributed by atoms with Crippen LogP contribution in [-0.2, 0) is 44.1 Å². The van der Waals surface area contributed by atoms with Crippen LogP contribution in [-0.4, -0.2) is 117 Å². The van der Waals surface area contributed by atoms with Crippen molar-refractivity contribution in [3.05, 3.63) is 109 Å². The topological polar surface area (TPSA) is 260 Å². The van der Waals surface area contributed by atoms with E-state index in [1.165, 1.54) is 12.8 Å². The first-order valence-electron chi connectivity index (χ1n) is 41.9. The monoisotopic (exact) mass is 1610 g/mol. The zero-order valence-electron chi connectivity index (χ0n) is 79.5. The van der Waals surface area contributed by atoms with Gasteiger partial charge in [-0.05, 0) is 183 Å². The Balaban J connectivity index is -0.000000394. The number of cyclic esters (lactones) is 1. The predicted molar refractivity (Wildman–Crippen MR) is 481 cm³/mol. The van der Waals surface area contributed by atoms with Gasteiger partial charge < -0.3 is 35.7 Å². The predicted octanol–water partition coefficient (Wildman–Crippen LogP) is 21.4. The van der Waals surface area contributed by atoms with Gasteiger partial charge in [0, 0.05) is 43.6 Å². The number of aryl methyl sites for hydroxylation is 1. The molecule has 1 saturated heterocycles. The molecule has 0 aromatic carbocycles. The molecule has 1 aromatic heterocycles. The zero-order chi connectivity index (χ0) is 89.5. The smallest absolute Gasteiger partial charge is 0.410 e. The lowest BCUT2D eigenvalue weighted by Gasteiger charge is -2.30. The number of amides is 6. The highest BCUT2D eigenvalue weighted by atomic mass is 32.2. The molecule has 0 spiro atoms. The van der Waals surface area contributed by atoms with E-state index in [0.717, 1.165) is 25.5 Å². The second-order valence-corrected chi connectivity index (χ2v) is 40.0. The third-order valence-corrected chi connectivity index (χ3v) is 17.0. The average Bonchev–Trinajstić information content (AvgIpc) is 1.71. The largest absolute Gasteiger partial charge is 0.448 e. The van der Waals surface area contributed by atoms with Crippen LogP contribution in [0.1, 0.15) is 326 Å². The molecule has 0 bridgehead atoms. The van der Waals surface area contributed by atoms with E-state index in [2.05, 4.69) is 259 Å². The summed E-state index contributed by atoms with van der Waals surface area (Å²) in [5, 5.41) is 22.9. The van der Waals surface area contributed by atoms with Crippen molar-refractivity contribution in [2.24, 2.45) is 65.1 Å². The minimum absolute atomic E-state index is 0.0433. The Hall–Kier alpha value is -6.41. The summed E-state index contributed by atoms with van der Waals surface area (Å²) in [6, 6.07) is 0. The van der Waals surface area contributed by atoms with E-state index < -0.39 is 15.6 Å². The molecular formula is C93H173N9O10S. The van der Waals surface area contributed by atoms with E-state index in [0.29, 0.717) is 97.5 Å². The number of hydrogen-bond donors (Lipinski definition) is 6. The average molecular weight is 1610 g/mol. The fourth-order valence-electron chi connectivity index (χ4n) is 9.76. The maximum absolute atomic E-state index is 12.0. The van der Waals surface area contributed by atoms with Gasteiger partial charge in [0.2, 0.25) is 51.3 Å². The summed E-state index contributed by atoms with van der Waals surface area (Å²) in [6.07, 6.45) is 41.4.